The molecule has 6 aromatic carbocycles. The predicted octanol–water partition coefficient (Wildman–Crippen LogP) is 9.46. The first-order valence-electron chi connectivity index (χ1n) is 13.1. The second-order valence-corrected chi connectivity index (χ2v) is 9.86. The molecule has 1 aliphatic heterocycles. The Morgan fingerprint density at radius 1 is 0.342 bits per heavy atom. The zero-order chi connectivity index (χ0) is 25.4. The normalized spacial score (nSPS) is 13.2. The van der Waals surface area contributed by atoms with Crippen molar-refractivity contribution in [1.29, 1.82) is 0 Å². The lowest BCUT2D eigenvalue weighted by Crippen LogP contribution is -2.35. The van der Waals surface area contributed by atoms with Crippen LogP contribution in [0.15, 0.2) is 158 Å². The van der Waals surface area contributed by atoms with Crippen LogP contribution < -0.4 is 5.32 Å². The van der Waals surface area contributed by atoms with Crippen LogP contribution in [0.1, 0.15) is 22.3 Å². The number of benzene rings is 6. The van der Waals surface area contributed by atoms with Crippen molar-refractivity contribution in [3.05, 3.63) is 180 Å². The minimum atomic E-state index is -0.492. The summed E-state index contributed by atoms with van der Waals surface area (Å²) in [6.45, 7) is 0. The molecule has 1 aliphatic rings. The Labute approximate surface area is 224 Å². The number of hydrogen-bond acceptors (Lipinski definition) is 1. The fraction of sp³-hybridized carbons (Fsp3) is 0.0270. The highest BCUT2D eigenvalue weighted by molar-refractivity contribution is 5.86. The number of fused-ring (bicyclic) bond motifs is 2. The molecule has 38 heavy (non-hydrogen) atoms. The van der Waals surface area contributed by atoms with Gasteiger partial charge in [-0.25, -0.2) is 0 Å². The van der Waals surface area contributed by atoms with Crippen molar-refractivity contribution >= 4 is 11.4 Å². The minimum Gasteiger partial charge on any atom is -0.355 e. The summed E-state index contributed by atoms with van der Waals surface area (Å²) < 4.78 is 0. The lowest BCUT2D eigenvalue weighted by atomic mass is 9.62. The van der Waals surface area contributed by atoms with Crippen molar-refractivity contribution in [2.24, 2.45) is 0 Å². The van der Waals surface area contributed by atoms with Crippen LogP contribution in [-0.2, 0) is 5.41 Å². The fourth-order valence-corrected chi connectivity index (χ4v) is 6.00. The van der Waals surface area contributed by atoms with Gasteiger partial charge in [0, 0.05) is 11.4 Å². The van der Waals surface area contributed by atoms with Crippen molar-refractivity contribution in [3.8, 4) is 22.3 Å². The molecule has 6 aromatic rings. The Bertz CT molecular complexity index is 1580. The summed E-state index contributed by atoms with van der Waals surface area (Å²) in [6, 6.07) is 57.0. The fourth-order valence-electron chi connectivity index (χ4n) is 6.00. The zero-order valence-electron chi connectivity index (χ0n) is 21.0. The van der Waals surface area contributed by atoms with Gasteiger partial charge in [0.05, 0.1) is 5.41 Å². The Morgan fingerprint density at radius 2 is 0.711 bits per heavy atom. The number of rotatable bonds is 4. The molecule has 0 bridgehead atoms. The Balaban J connectivity index is 1.59. The number of anilines is 2. The van der Waals surface area contributed by atoms with Gasteiger partial charge in [-0.2, -0.15) is 0 Å². The molecular weight excluding hydrogens is 458 g/mol. The molecule has 0 atom stereocenters. The van der Waals surface area contributed by atoms with Gasteiger partial charge in [-0.05, 0) is 68.8 Å². The van der Waals surface area contributed by atoms with E-state index in [1.807, 2.05) is 0 Å². The topological polar surface area (TPSA) is 12.0 Å². The minimum absolute atomic E-state index is 0.492. The molecule has 0 saturated heterocycles. The van der Waals surface area contributed by atoms with Crippen LogP contribution in [0.4, 0.5) is 11.4 Å². The van der Waals surface area contributed by atoms with Crippen LogP contribution in [0.3, 0.4) is 0 Å². The third-order valence-electron chi connectivity index (χ3n) is 7.74. The molecule has 1 nitrogen and oxygen atoms in total. The summed E-state index contributed by atoms with van der Waals surface area (Å²) in [5, 5.41) is 3.79. The van der Waals surface area contributed by atoms with E-state index in [-0.39, 0.29) is 0 Å². The molecule has 7 rings (SSSR count). The SMILES string of the molecule is c1ccc(-c2ccc3c(c2)C(c2ccccc2)(c2ccccc2)c2cc(-c4ccccc4)ccc2N3)cc1. The van der Waals surface area contributed by atoms with Crippen LogP contribution in [0.25, 0.3) is 22.3 Å². The standard InChI is InChI=1S/C37H27N/c1-5-13-27(14-6-1)29-21-23-35-33(25-29)37(31-17-9-3-10-18-31,32-19-11-4-12-20-32)34-26-30(22-24-36(34)38-35)28-15-7-2-8-16-28/h1-26,38H. The van der Waals surface area contributed by atoms with E-state index < -0.39 is 5.41 Å². The van der Waals surface area contributed by atoms with E-state index in [0.717, 1.165) is 11.4 Å². The molecule has 0 amide bonds. The summed E-state index contributed by atoms with van der Waals surface area (Å²) in [4.78, 5) is 0. The molecule has 1 heterocycles. The molecule has 0 aliphatic carbocycles. The van der Waals surface area contributed by atoms with Gasteiger partial charge in [0.15, 0.2) is 0 Å². The summed E-state index contributed by atoms with van der Waals surface area (Å²) in [5.74, 6) is 0. The van der Waals surface area contributed by atoms with Crippen molar-refractivity contribution in [2.45, 2.75) is 5.41 Å². The van der Waals surface area contributed by atoms with Gasteiger partial charge < -0.3 is 5.32 Å². The summed E-state index contributed by atoms with van der Waals surface area (Å²) in [7, 11) is 0. The molecule has 180 valence electrons. The second kappa shape index (κ2) is 9.21. The van der Waals surface area contributed by atoms with Crippen LogP contribution >= 0.6 is 0 Å². The molecule has 1 N–H and O–H groups in total. The maximum Gasteiger partial charge on any atom is 0.0742 e. The summed E-state index contributed by atoms with van der Waals surface area (Å²) >= 11 is 0. The molecule has 0 spiro atoms. The third kappa shape index (κ3) is 3.55. The number of nitrogens with one attached hydrogen (secondary N) is 1. The molecular formula is C37H27N. The maximum atomic E-state index is 3.79. The van der Waals surface area contributed by atoms with E-state index in [0.29, 0.717) is 0 Å². The largest absolute Gasteiger partial charge is 0.355 e. The Kier molecular flexibility index (Phi) is 5.41. The van der Waals surface area contributed by atoms with E-state index in [9.17, 15) is 0 Å². The van der Waals surface area contributed by atoms with Gasteiger partial charge in [-0.1, -0.05) is 133 Å². The van der Waals surface area contributed by atoms with Gasteiger partial charge in [-0.15, -0.1) is 0 Å². The van der Waals surface area contributed by atoms with Crippen LogP contribution in [0, 0.1) is 0 Å². The highest BCUT2D eigenvalue weighted by Gasteiger charge is 2.44. The van der Waals surface area contributed by atoms with Crippen molar-refractivity contribution < 1.29 is 0 Å². The van der Waals surface area contributed by atoms with Gasteiger partial charge >= 0.3 is 0 Å². The van der Waals surface area contributed by atoms with Gasteiger partial charge in [0.2, 0.25) is 0 Å². The van der Waals surface area contributed by atoms with Crippen molar-refractivity contribution in [3.63, 3.8) is 0 Å². The van der Waals surface area contributed by atoms with E-state index in [1.165, 1.54) is 44.5 Å². The molecule has 0 unspecified atom stereocenters. The first-order valence-corrected chi connectivity index (χ1v) is 13.1. The predicted molar refractivity (Wildman–Crippen MR) is 159 cm³/mol. The maximum absolute atomic E-state index is 3.79. The van der Waals surface area contributed by atoms with E-state index in [2.05, 4.69) is 163 Å². The lowest BCUT2D eigenvalue weighted by molar-refractivity contribution is 0.741. The zero-order valence-corrected chi connectivity index (χ0v) is 21.0. The van der Waals surface area contributed by atoms with E-state index >= 15 is 0 Å². The van der Waals surface area contributed by atoms with Crippen LogP contribution in [0.2, 0.25) is 0 Å². The highest BCUT2D eigenvalue weighted by Crippen LogP contribution is 2.54. The molecule has 0 fully saturated rings. The first-order chi connectivity index (χ1) is 18.8. The average Bonchev–Trinajstić information content (AvgIpc) is 3.01. The number of hydrogen-bond donors (Lipinski definition) is 1. The Morgan fingerprint density at radius 3 is 1.11 bits per heavy atom. The third-order valence-corrected chi connectivity index (χ3v) is 7.74. The van der Waals surface area contributed by atoms with Crippen LogP contribution in [-0.4, -0.2) is 0 Å². The van der Waals surface area contributed by atoms with Crippen LogP contribution in [0.5, 0.6) is 0 Å². The average molecular weight is 486 g/mol. The monoisotopic (exact) mass is 485 g/mol. The quantitative estimate of drug-likeness (QED) is 0.262. The molecule has 0 radical (unpaired) electrons. The van der Waals surface area contributed by atoms with Gasteiger partial charge in [0.1, 0.15) is 0 Å². The van der Waals surface area contributed by atoms with Gasteiger partial charge in [0.25, 0.3) is 0 Å². The Hall–Kier alpha value is -4.88. The van der Waals surface area contributed by atoms with Crippen molar-refractivity contribution in [2.75, 3.05) is 5.32 Å². The smallest absolute Gasteiger partial charge is 0.0742 e. The lowest BCUT2D eigenvalue weighted by Gasteiger charge is -2.43. The highest BCUT2D eigenvalue weighted by atomic mass is 14.9. The molecule has 1 heteroatoms. The van der Waals surface area contributed by atoms with Crippen molar-refractivity contribution in [1.82, 2.24) is 0 Å². The second-order valence-electron chi connectivity index (χ2n) is 9.86. The molecule has 0 saturated carbocycles. The van der Waals surface area contributed by atoms with Gasteiger partial charge in [-0.3, -0.25) is 0 Å². The summed E-state index contributed by atoms with van der Waals surface area (Å²) in [5.41, 5.74) is 11.7. The van der Waals surface area contributed by atoms with E-state index in [4.69, 9.17) is 0 Å². The summed E-state index contributed by atoms with van der Waals surface area (Å²) in [6.07, 6.45) is 0. The first kappa shape index (κ1) is 22.3. The van der Waals surface area contributed by atoms with E-state index in [1.54, 1.807) is 0 Å². The molecule has 0 aromatic heterocycles.